The number of aromatic nitrogens is 1. The first-order chi connectivity index (χ1) is 8.58. The first kappa shape index (κ1) is 13.3. The van der Waals surface area contributed by atoms with E-state index >= 15 is 0 Å². The molecule has 18 heavy (non-hydrogen) atoms. The van der Waals surface area contributed by atoms with E-state index in [0.29, 0.717) is 16.4 Å². The van der Waals surface area contributed by atoms with Crippen LogP contribution in [-0.2, 0) is 0 Å². The van der Waals surface area contributed by atoms with Crippen LogP contribution in [0, 0.1) is 10.5 Å². The first-order valence-electron chi connectivity index (χ1n) is 5.26. The van der Waals surface area contributed by atoms with Gasteiger partial charge < -0.3 is 5.32 Å². The van der Waals surface area contributed by atoms with Crippen molar-refractivity contribution in [3.63, 3.8) is 0 Å². The number of halogens is 2. The van der Waals surface area contributed by atoms with Crippen LogP contribution >= 0.6 is 34.2 Å². The van der Waals surface area contributed by atoms with E-state index in [2.05, 4.69) is 32.9 Å². The maximum absolute atomic E-state index is 12.1. The van der Waals surface area contributed by atoms with E-state index in [0.717, 1.165) is 9.13 Å². The van der Waals surface area contributed by atoms with Crippen LogP contribution in [0.2, 0.25) is 5.02 Å². The molecule has 92 valence electrons. The van der Waals surface area contributed by atoms with Crippen LogP contribution in [-0.4, -0.2) is 10.9 Å². The number of pyridine rings is 1. The molecule has 1 amide bonds. The molecule has 1 aromatic heterocycles. The number of anilines is 1. The van der Waals surface area contributed by atoms with E-state index in [4.69, 9.17) is 11.6 Å². The standard InChI is InChI=1S/C13H10ClIN2O/c1-8-10(3-2-4-11(8)14)13(18)17-12-6-5-9(15)7-16-12/h2-7H,1H3,(H,16,17,18). The summed E-state index contributed by atoms with van der Waals surface area (Å²) in [6, 6.07) is 8.90. The molecule has 2 aromatic rings. The van der Waals surface area contributed by atoms with Crippen LogP contribution in [0.1, 0.15) is 15.9 Å². The van der Waals surface area contributed by atoms with Gasteiger partial charge in [0, 0.05) is 20.4 Å². The third-order valence-corrected chi connectivity index (χ3v) is 3.53. The summed E-state index contributed by atoms with van der Waals surface area (Å²) in [5.74, 6) is 0.323. The Morgan fingerprint density at radius 3 is 2.78 bits per heavy atom. The van der Waals surface area contributed by atoms with Crippen LogP contribution in [0.4, 0.5) is 5.82 Å². The molecule has 0 unspecified atom stereocenters. The average Bonchev–Trinajstić information content (AvgIpc) is 2.35. The highest BCUT2D eigenvalue weighted by molar-refractivity contribution is 14.1. The normalized spacial score (nSPS) is 10.2. The summed E-state index contributed by atoms with van der Waals surface area (Å²) in [4.78, 5) is 16.2. The number of rotatable bonds is 2. The Kier molecular flexibility index (Phi) is 4.19. The minimum Gasteiger partial charge on any atom is -0.307 e. The van der Waals surface area contributed by atoms with Crippen molar-refractivity contribution in [3.05, 3.63) is 56.2 Å². The van der Waals surface area contributed by atoms with Crippen LogP contribution < -0.4 is 5.32 Å². The summed E-state index contributed by atoms with van der Waals surface area (Å²) in [5, 5.41) is 3.32. The van der Waals surface area contributed by atoms with Gasteiger partial charge in [0.15, 0.2) is 0 Å². The zero-order valence-corrected chi connectivity index (χ0v) is 12.5. The molecule has 0 saturated heterocycles. The summed E-state index contributed by atoms with van der Waals surface area (Å²) >= 11 is 8.14. The summed E-state index contributed by atoms with van der Waals surface area (Å²) < 4.78 is 1.02. The Morgan fingerprint density at radius 1 is 1.33 bits per heavy atom. The molecule has 0 aliphatic rings. The zero-order chi connectivity index (χ0) is 13.1. The van der Waals surface area contributed by atoms with Crippen LogP contribution in [0.3, 0.4) is 0 Å². The number of nitrogens with zero attached hydrogens (tertiary/aromatic N) is 1. The third-order valence-electron chi connectivity index (χ3n) is 2.48. The van der Waals surface area contributed by atoms with Gasteiger partial charge in [0.1, 0.15) is 5.82 Å². The topological polar surface area (TPSA) is 42.0 Å². The summed E-state index contributed by atoms with van der Waals surface area (Å²) in [7, 11) is 0. The average molecular weight is 373 g/mol. The molecule has 1 N–H and O–H groups in total. The predicted molar refractivity (Wildman–Crippen MR) is 81.1 cm³/mol. The molecule has 3 nitrogen and oxygen atoms in total. The molecule has 0 bridgehead atoms. The number of carbonyl (C=O) groups is 1. The van der Waals surface area contributed by atoms with E-state index in [1.54, 1.807) is 30.5 Å². The lowest BCUT2D eigenvalue weighted by Gasteiger charge is -2.08. The van der Waals surface area contributed by atoms with Gasteiger partial charge in [-0.05, 0) is 59.3 Å². The van der Waals surface area contributed by atoms with Crippen LogP contribution in [0.5, 0.6) is 0 Å². The second-order valence-electron chi connectivity index (χ2n) is 3.73. The Labute approximate surface area is 124 Å². The fourth-order valence-corrected chi connectivity index (χ4v) is 1.98. The van der Waals surface area contributed by atoms with E-state index in [1.807, 2.05) is 13.0 Å². The minimum atomic E-state index is -0.205. The highest BCUT2D eigenvalue weighted by Gasteiger charge is 2.11. The first-order valence-corrected chi connectivity index (χ1v) is 6.71. The van der Waals surface area contributed by atoms with Crippen molar-refractivity contribution in [2.75, 3.05) is 5.32 Å². The van der Waals surface area contributed by atoms with Gasteiger partial charge in [-0.3, -0.25) is 4.79 Å². The lowest BCUT2D eigenvalue weighted by Crippen LogP contribution is -2.14. The van der Waals surface area contributed by atoms with E-state index in [-0.39, 0.29) is 5.91 Å². The quantitative estimate of drug-likeness (QED) is 0.813. The second-order valence-corrected chi connectivity index (χ2v) is 5.38. The van der Waals surface area contributed by atoms with Crippen molar-refractivity contribution in [2.45, 2.75) is 6.92 Å². The molecule has 0 aliphatic carbocycles. The Bertz CT molecular complexity index is 584. The van der Waals surface area contributed by atoms with E-state index in [1.165, 1.54) is 0 Å². The monoisotopic (exact) mass is 372 g/mol. The molecule has 0 fully saturated rings. The van der Waals surface area contributed by atoms with Crippen molar-refractivity contribution < 1.29 is 4.79 Å². The van der Waals surface area contributed by atoms with E-state index in [9.17, 15) is 4.79 Å². The Hall–Kier alpha value is -1.14. The van der Waals surface area contributed by atoms with Crippen molar-refractivity contribution in [1.29, 1.82) is 0 Å². The smallest absolute Gasteiger partial charge is 0.257 e. The van der Waals surface area contributed by atoms with Crippen molar-refractivity contribution in [2.24, 2.45) is 0 Å². The lowest BCUT2D eigenvalue weighted by atomic mass is 10.1. The molecular formula is C13H10ClIN2O. The molecule has 5 heteroatoms. The fraction of sp³-hybridized carbons (Fsp3) is 0.0769. The fourth-order valence-electron chi connectivity index (χ4n) is 1.49. The van der Waals surface area contributed by atoms with Crippen molar-refractivity contribution in [3.8, 4) is 0 Å². The predicted octanol–water partition coefficient (Wildman–Crippen LogP) is 3.90. The number of benzene rings is 1. The zero-order valence-electron chi connectivity index (χ0n) is 9.58. The SMILES string of the molecule is Cc1c(Cl)cccc1C(=O)Nc1ccc(I)cn1. The molecule has 1 heterocycles. The molecular weight excluding hydrogens is 363 g/mol. The molecule has 0 spiro atoms. The minimum absolute atomic E-state index is 0.205. The summed E-state index contributed by atoms with van der Waals surface area (Å²) in [6.45, 7) is 1.82. The highest BCUT2D eigenvalue weighted by Crippen LogP contribution is 2.19. The maximum atomic E-state index is 12.1. The molecule has 0 radical (unpaired) electrons. The molecule has 2 rings (SSSR count). The Morgan fingerprint density at radius 2 is 2.11 bits per heavy atom. The van der Waals surface area contributed by atoms with Crippen LogP contribution in [0.15, 0.2) is 36.5 Å². The Balaban J connectivity index is 2.22. The second kappa shape index (κ2) is 5.67. The number of nitrogens with one attached hydrogen (secondary N) is 1. The van der Waals surface area contributed by atoms with Gasteiger partial charge in [-0.25, -0.2) is 4.98 Å². The van der Waals surface area contributed by atoms with Crippen molar-refractivity contribution >= 4 is 45.9 Å². The van der Waals surface area contributed by atoms with Gasteiger partial charge in [0.25, 0.3) is 5.91 Å². The van der Waals surface area contributed by atoms with Gasteiger partial charge in [0.2, 0.25) is 0 Å². The largest absolute Gasteiger partial charge is 0.307 e. The summed E-state index contributed by atoms with van der Waals surface area (Å²) in [6.07, 6.45) is 1.70. The highest BCUT2D eigenvalue weighted by atomic mass is 127. The van der Waals surface area contributed by atoms with Gasteiger partial charge >= 0.3 is 0 Å². The number of hydrogen-bond acceptors (Lipinski definition) is 2. The van der Waals surface area contributed by atoms with Crippen LogP contribution in [0.25, 0.3) is 0 Å². The molecule has 0 saturated carbocycles. The van der Waals surface area contributed by atoms with Gasteiger partial charge in [-0.1, -0.05) is 17.7 Å². The van der Waals surface area contributed by atoms with E-state index < -0.39 is 0 Å². The molecule has 0 aliphatic heterocycles. The lowest BCUT2D eigenvalue weighted by molar-refractivity contribution is 0.102. The van der Waals surface area contributed by atoms with Crippen molar-refractivity contribution in [1.82, 2.24) is 4.98 Å². The number of amides is 1. The van der Waals surface area contributed by atoms with Gasteiger partial charge in [0.05, 0.1) is 0 Å². The number of hydrogen-bond donors (Lipinski definition) is 1. The van der Waals surface area contributed by atoms with Gasteiger partial charge in [-0.15, -0.1) is 0 Å². The van der Waals surface area contributed by atoms with Gasteiger partial charge in [-0.2, -0.15) is 0 Å². The number of carbonyl (C=O) groups excluding carboxylic acids is 1. The maximum Gasteiger partial charge on any atom is 0.257 e. The summed E-state index contributed by atoms with van der Waals surface area (Å²) in [5.41, 5.74) is 1.32. The third kappa shape index (κ3) is 3.00. The molecule has 0 atom stereocenters. The molecule has 1 aromatic carbocycles.